The lowest BCUT2D eigenvalue weighted by atomic mass is 10.5. The van der Waals surface area contributed by atoms with Gasteiger partial charge >= 0.3 is 5.69 Å². The van der Waals surface area contributed by atoms with Crippen molar-refractivity contribution in [2.24, 2.45) is 0 Å². The van der Waals surface area contributed by atoms with Crippen LogP contribution in [0.1, 0.15) is 11.7 Å². The molecule has 0 amide bonds. The highest BCUT2D eigenvalue weighted by Crippen LogP contribution is 1.79. The molecule has 0 aliphatic heterocycles. The van der Waals surface area contributed by atoms with Crippen molar-refractivity contribution in [2.75, 3.05) is 0 Å². The molecule has 0 aromatic carbocycles. The van der Waals surface area contributed by atoms with Gasteiger partial charge in [-0.3, -0.25) is 9.59 Å². The van der Waals surface area contributed by atoms with Crippen molar-refractivity contribution in [2.45, 2.75) is 6.92 Å². The number of H-pyrrole nitrogens is 1. The molecule has 1 rings (SSSR count). The Hall–Kier alpha value is -1.72. The highest BCUT2D eigenvalue weighted by Gasteiger charge is 2.09. The van der Waals surface area contributed by atoms with Crippen LogP contribution in [0, 0.1) is 5.82 Å². The molecule has 64 valence electrons. The van der Waals surface area contributed by atoms with Crippen LogP contribution in [0.4, 0.5) is 4.39 Å². The number of rotatable bonds is 0. The van der Waals surface area contributed by atoms with Gasteiger partial charge in [-0.15, -0.1) is 0 Å². The molecule has 0 unspecified atom stereocenters. The van der Waals surface area contributed by atoms with E-state index in [0.717, 1.165) is 6.92 Å². The summed E-state index contributed by atoms with van der Waals surface area (Å²) in [5, 5.41) is 0. The summed E-state index contributed by atoms with van der Waals surface area (Å²) in [7, 11) is 0. The molecule has 1 aromatic rings. The first-order valence-corrected chi connectivity index (χ1v) is 3.05. The zero-order valence-electron chi connectivity index (χ0n) is 6.13. The van der Waals surface area contributed by atoms with Gasteiger partial charge in [-0.2, -0.15) is 8.96 Å². The molecule has 0 spiro atoms. The minimum Gasteiger partial charge on any atom is -0.311 e. The minimum absolute atomic E-state index is 0.190. The average Bonchev–Trinajstić information content (AvgIpc) is 1.97. The monoisotopic (exact) mass is 172 g/mol. The van der Waals surface area contributed by atoms with Crippen molar-refractivity contribution < 1.29 is 9.18 Å². The van der Waals surface area contributed by atoms with Crippen molar-refractivity contribution in [3.05, 3.63) is 32.9 Å². The Labute approximate surface area is 65.5 Å². The lowest BCUT2D eigenvalue weighted by Gasteiger charge is -1.96. The van der Waals surface area contributed by atoms with Crippen LogP contribution in [-0.4, -0.2) is 15.5 Å². The molecule has 0 aliphatic carbocycles. The maximum absolute atomic E-state index is 12.5. The number of halogens is 1. The van der Waals surface area contributed by atoms with E-state index in [-0.39, 0.29) is 4.57 Å². The van der Waals surface area contributed by atoms with E-state index in [1.54, 1.807) is 0 Å². The van der Waals surface area contributed by atoms with Crippen molar-refractivity contribution in [1.82, 2.24) is 9.55 Å². The smallest absolute Gasteiger partial charge is 0.311 e. The third kappa shape index (κ3) is 1.18. The first-order chi connectivity index (χ1) is 5.54. The van der Waals surface area contributed by atoms with E-state index >= 15 is 0 Å². The SMILES string of the molecule is CC(=O)n1c(=O)[nH]cc(F)c1=O. The third-order valence-corrected chi connectivity index (χ3v) is 1.25. The summed E-state index contributed by atoms with van der Waals surface area (Å²) in [4.78, 5) is 34.0. The second kappa shape index (κ2) is 2.72. The average molecular weight is 172 g/mol. The maximum atomic E-state index is 12.5. The van der Waals surface area contributed by atoms with Crippen LogP contribution in [0.2, 0.25) is 0 Å². The Bertz CT molecular complexity index is 431. The van der Waals surface area contributed by atoms with Crippen molar-refractivity contribution in [1.29, 1.82) is 0 Å². The predicted octanol–water partition coefficient (Wildman–Crippen LogP) is -0.664. The molecule has 0 atom stereocenters. The number of nitrogens with one attached hydrogen (secondary N) is 1. The number of hydrogen-bond donors (Lipinski definition) is 1. The molecule has 5 nitrogen and oxygen atoms in total. The fourth-order valence-electron chi connectivity index (χ4n) is 0.736. The first-order valence-electron chi connectivity index (χ1n) is 3.05. The predicted molar refractivity (Wildman–Crippen MR) is 37.6 cm³/mol. The molecule has 6 heteroatoms. The fraction of sp³-hybridized carbons (Fsp3) is 0.167. The van der Waals surface area contributed by atoms with Gasteiger partial charge in [-0.25, -0.2) is 4.79 Å². The summed E-state index contributed by atoms with van der Waals surface area (Å²) in [5.41, 5.74) is -2.17. The highest BCUT2D eigenvalue weighted by molar-refractivity contribution is 5.75. The molecule has 0 saturated heterocycles. The van der Waals surface area contributed by atoms with Gasteiger partial charge in [0.25, 0.3) is 5.56 Å². The summed E-state index contributed by atoms with van der Waals surface area (Å²) in [6.07, 6.45) is 0.615. The summed E-state index contributed by atoms with van der Waals surface area (Å²) >= 11 is 0. The number of aromatic amines is 1. The molecule has 1 heterocycles. The largest absolute Gasteiger partial charge is 0.335 e. The van der Waals surface area contributed by atoms with Crippen LogP contribution in [0.5, 0.6) is 0 Å². The van der Waals surface area contributed by atoms with Gasteiger partial charge < -0.3 is 4.98 Å². The van der Waals surface area contributed by atoms with Gasteiger partial charge in [-0.1, -0.05) is 0 Å². The van der Waals surface area contributed by atoms with Gasteiger partial charge in [-0.05, 0) is 0 Å². The van der Waals surface area contributed by atoms with E-state index in [4.69, 9.17) is 0 Å². The highest BCUT2D eigenvalue weighted by atomic mass is 19.1. The molecule has 0 saturated carbocycles. The van der Waals surface area contributed by atoms with E-state index in [9.17, 15) is 18.8 Å². The second-order valence-electron chi connectivity index (χ2n) is 2.10. The third-order valence-electron chi connectivity index (χ3n) is 1.25. The topological polar surface area (TPSA) is 71.9 Å². The van der Waals surface area contributed by atoms with Gasteiger partial charge in [0.2, 0.25) is 11.7 Å². The molecular formula is C6H5FN2O3. The Kier molecular flexibility index (Phi) is 1.90. The Morgan fingerprint density at radius 2 is 2.17 bits per heavy atom. The number of carbonyl (C=O) groups is 1. The normalized spacial score (nSPS) is 9.83. The van der Waals surface area contributed by atoms with E-state index < -0.39 is 23.0 Å². The second-order valence-corrected chi connectivity index (χ2v) is 2.10. The molecule has 1 N–H and O–H groups in total. The number of nitrogens with zero attached hydrogens (tertiary/aromatic N) is 1. The van der Waals surface area contributed by atoms with E-state index in [2.05, 4.69) is 0 Å². The molecular weight excluding hydrogens is 167 g/mol. The molecule has 0 radical (unpaired) electrons. The van der Waals surface area contributed by atoms with Gasteiger partial charge in [0.05, 0.1) is 0 Å². The van der Waals surface area contributed by atoms with Gasteiger partial charge in [0, 0.05) is 13.1 Å². The number of hydrogen-bond acceptors (Lipinski definition) is 3. The van der Waals surface area contributed by atoms with Crippen molar-refractivity contribution >= 4 is 5.91 Å². The quantitative estimate of drug-likeness (QED) is 0.564. The summed E-state index contributed by atoms with van der Waals surface area (Å²) in [6, 6.07) is 0. The zero-order chi connectivity index (χ0) is 9.30. The Morgan fingerprint density at radius 3 is 2.58 bits per heavy atom. The van der Waals surface area contributed by atoms with Crippen LogP contribution < -0.4 is 11.2 Å². The van der Waals surface area contributed by atoms with Gasteiger partial charge in [0.15, 0.2) is 0 Å². The lowest BCUT2D eigenvalue weighted by molar-refractivity contribution is 0.0924. The first kappa shape index (κ1) is 8.38. The van der Waals surface area contributed by atoms with E-state index in [0.29, 0.717) is 6.20 Å². The minimum atomic E-state index is -1.23. The summed E-state index contributed by atoms with van der Waals surface area (Å²) in [5.74, 6) is -1.98. The molecule has 0 bridgehead atoms. The summed E-state index contributed by atoms with van der Waals surface area (Å²) < 4.78 is 12.7. The standard InChI is InChI=1S/C6H5FN2O3/c1-3(10)9-5(11)4(7)2-8-6(9)12/h2H,1H3,(H,8,12). The van der Waals surface area contributed by atoms with Crippen molar-refractivity contribution in [3.63, 3.8) is 0 Å². The van der Waals surface area contributed by atoms with Gasteiger partial charge in [0.1, 0.15) is 0 Å². The summed E-state index contributed by atoms with van der Waals surface area (Å²) in [6.45, 7) is 0.996. The molecule has 0 fully saturated rings. The van der Waals surface area contributed by atoms with Crippen LogP contribution >= 0.6 is 0 Å². The van der Waals surface area contributed by atoms with Crippen LogP contribution in [0.25, 0.3) is 0 Å². The number of carbonyl (C=O) groups excluding carboxylic acids is 1. The molecule has 12 heavy (non-hydrogen) atoms. The van der Waals surface area contributed by atoms with Crippen molar-refractivity contribution in [3.8, 4) is 0 Å². The Balaban J connectivity index is 3.67. The Morgan fingerprint density at radius 1 is 1.58 bits per heavy atom. The van der Waals surface area contributed by atoms with E-state index in [1.807, 2.05) is 4.98 Å². The van der Waals surface area contributed by atoms with E-state index in [1.165, 1.54) is 0 Å². The zero-order valence-corrected chi connectivity index (χ0v) is 6.13. The van der Waals surface area contributed by atoms with Crippen LogP contribution in [-0.2, 0) is 0 Å². The molecule has 1 aromatic heterocycles. The molecule has 0 aliphatic rings. The fourth-order valence-corrected chi connectivity index (χ4v) is 0.736. The lowest BCUT2D eigenvalue weighted by Crippen LogP contribution is -2.39. The van der Waals surface area contributed by atoms with Crippen LogP contribution in [0.3, 0.4) is 0 Å². The maximum Gasteiger partial charge on any atom is 0.335 e. The number of aromatic nitrogens is 2. The van der Waals surface area contributed by atoms with Crippen LogP contribution in [0.15, 0.2) is 15.8 Å².